The lowest BCUT2D eigenvalue weighted by Gasteiger charge is -2.39. The van der Waals surface area contributed by atoms with Crippen molar-refractivity contribution in [1.82, 2.24) is 14.9 Å². The normalized spacial score (nSPS) is 21.2. The van der Waals surface area contributed by atoms with Gasteiger partial charge in [0.05, 0.1) is 11.4 Å². The first-order valence-electron chi connectivity index (χ1n) is 10.4. The van der Waals surface area contributed by atoms with Crippen LogP contribution in [-0.2, 0) is 0 Å². The van der Waals surface area contributed by atoms with Gasteiger partial charge in [-0.1, -0.05) is 0 Å². The standard InChI is InChI=1S/C21H22F4N4O3S/c1-10-7-21(24,25)9-29(10)18(30)14-15(33-17(27-14)19(31)32)12-8-26-13(6-11(12)16(22)23)28-20(2)4-3-5-20/h6,8,10,16H,3-5,7,9H2,1-2H3,(H,26,28)(H,31,32)/t10-/m0/s1. The summed E-state index contributed by atoms with van der Waals surface area (Å²) in [7, 11) is 0. The predicted molar refractivity (Wildman–Crippen MR) is 113 cm³/mol. The number of hydrogen-bond acceptors (Lipinski definition) is 6. The molecular weight excluding hydrogens is 464 g/mol. The van der Waals surface area contributed by atoms with Crippen LogP contribution in [0.4, 0.5) is 23.4 Å². The van der Waals surface area contributed by atoms with Crippen LogP contribution in [0, 0.1) is 0 Å². The van der Waals surface area contributed by atoms with Gasteiger partial charge in [0.15, 0.2) is 0 Å². The Morgan fingerprint density at radius 3 is 2.55 bits per heavy atom. The zero-order valence-electron chi connectivity index (χ0n) is 17.9. The van der Waals surface area contributed by atoms with E-state index in [1.54, 1.807) is 0 Å². The van der Waals surface area contributed by atoms with Crippen LogP contribution in [0.25, 0.3) is 10.4 Å². The van der Waals surface area contributed by atoms with Gasteiger partial charge >= 0.3 is 5.97 Å². The van der Waals surface area contributed by atoms with Gasteiger partial charge in [-0.15, -0.1) is 11.3 Å². The molecule has 1 atom stereocenters. The molecular formula is C21H22F4N4O3S. The lowest BCUT2D eigenvalue weighted by molar-refractivity contribution is 0.0117. The van der Waals surface area contributed by atoms with Gasteiger partial charge in [-0.25, -0.2) is 32.3 Å². The summed E-state index contributed by atoms with van der Waals surface area (Å²) in [4.78, 5) is 33.4. The minimum atomic E-state index is -3.10. The number of likely N-dealkylation sites (tertiary alicyclic amines) is 1. The highest BCUT2D eigenvalue weighted by Crippen LogP contribution is 2.41. The summed E-state index contributed by atoms with van der Waals surface area (Å²) in [6.45, 7) is 2.55. The third-order valence-corrected chi connectivity index (χ3v) is 7.18. The van der Waals surface area contributed by atoms with E-state index >= 15 is 0 Å². The van der Waals surface area contributed by atoms with E-state index in [-0.39, 0.29) is 21.8 Å². The number of halogens is 4. The van der Waals surface area contributed by atoms with Crippen molar-refractivity contribution >= 4 is 29.0 Å². The molecule has 0 spiro atoms. The molecule has 1 saturated carbocycles. The SMILES string of the molecule is C[C@H]1CC(F)(F)CN1C(=O)c1nc(C(=O)O)sc1-c1cnc(NC2(C)CCC2)cc1C(F)F. The molecule has 33 heavy (non-hydrogen) atoms. The molecule has 2 aromatic heterocycles. The molecule has 1 aliphatic heterocycles. The van der Waals surface area contributed by atoms with Crippen LogP contribution in [-0.4, -0.2) is 55.9 Å². The molecule has 0 aromatic carbocycles. The summed E-state index contributed by atoms with van der Waals surface area (Å²) in [5.74, 6) is -5.24. The number of aromatic carboxylic acids is 1. The highest BCUT2D eigenvalue weighted by molar-refractivity contribution is 7.17. The van der Waals surface area contributed by atoms with Crippen LogP contribution in [0.3, 0.4) is 0 Å². The van der Waals surface area contributed by atoms with E-state index in [1.165, 1.54) is 13.0 Å². The second-order valence-electron chi connectivity index (χ2n) is 8.84. The maximum absolute atomic E-state index is 14.0. The molecule has 0 unspecified atom stereocenters. The van der Waals surface area contributed by atoms with Gasteiger partial charge in [-0.3, -0.25) is 4.79 Å². The number of carboxylic acids is 1. The number of anilines is 1. The van der Waals surface area contributed by atoms with Crippen LogP contribution >= 0.6 is 11.3 Å². The molecule has 1 aliphatic carbocycles. The van der Waals surface area contributed by atoms with Crippen molar-refractivity contribution in [3.05, 3.63) is 28.5 Å². The fraction of sp³-hybridized carbons (Fsp3) is 0.524. The van der Waals surface area contributed by atoms with E-state index in [0.717, 1.165) is 30.4 Å². The first kappa shape index (κ1) is 23.4. The van der Waals surface area contributed by atoms with Gasteiger partial charge < -0.3 is 15.3 Å². The number of carboxylic acid groups (broad SMARTS) is 1. The zero-order chi connectivity index (χ0) is 24.1. The molecule has 2 aliphatic rings. The molecule has 2 aromatic rings. The first-order valence-corrected chi connectivity index (χ1v) is 11.2. The van der Waals surface area contributed by atoms with Crippen molar-refractivity contribution in [3.8, 4) is 10.4 Å². The Balaban J connectivity index is 1.76. The van der Waals surface area contributed by atoms with E-state index in [9.17, 15) is 32.3 Å². The van der Waals surface area contributed by atoms with Gasteiger partial charge in [-0.05, 0) is 39.2 Å². The number of pyridine rings is 1. The van der Waals surface area contributed by atoms with Crippen LogP contribution in [0.1, 0.15) is 71.8 Å². The van der Waals surface area contributed by atoms with Gasteiger partial charge in [0.25, 0.3) is 18.3 Å². The van der Waals surface area contributed by atoms with E-state index in [1.807, 2.05) is 6.92 Å². The zero-order valence-corrected chi connectivity index (χ0v) is 18.7. The minimum absolute atomic E-state index is 0.135. The Hall–Kier alpha value is -2.76. The topological polar surface area (TPSA) is 95.4 Å². The van der Waals surface area contributed by atoms with Crippen molar-refractivity contribution in [2.75, 3.05) is 11.9 Å². The van der Waals surface area contributed by atoms with Gasteiger partial charge in [-0.2, -0.15) is 0 Å². The summed E-state index contributed by atoms with van der Waals surface area (Å²) in [5.41, 5.74) is -1.30. The third-order valence-electron chi connectivity index (χ3n) is 6.10. The number of alkyl halides is 4. The highest BCUT2D eigenvalue weighted by atomic mass is 32.1. The number of carbonyl (C=O) groups is 2. The molecule has 2 fully saturated rings. The van der Waals surface area contributed by atoms with E-state index < -0.39 is 59.5 Å². The van der Waals surface area contributed by atoms with Crippen LogP contribution in [0.2, 0.25) is 0 Å². The first-order chi connectivity index (χ1) is 15.4. The van der Waals surface area contributed by atoms with Crippen molar-refractivity contribution in [2.45, 2.75) is 63.5 Å². The summed E-state index contributed by atoms with van der Waals surface area (Å²) in [6, 6.07) is 0.350. The summed E-state index contributed by atoms with van der Waals surface area (Å²) in [5, 5.41) is 12.0. The number of carbonyl (C=O) groups excluding carboxylic acids is 1. The van der Waals surface area contributed by atoms with Gasteiger partial charge in [0, 0.05) is 35.3 Å². The Labute approximate surface area is 190 Å². The van der Waals surface area contributed by atoms with E-state index in [2.05, 4.69) is 15.3 Å². The smallest absolute Gasteiger partial charge is 0.365 e. The van der Waals surface area contributed by atoms with Crippen LogP contribution in [0.5, 0.6) is 0 Å². The quantitative estimate of drug-likeness (QED) is 0.554. The molecule has 3 heterocycles. The van der Waals surface area contributed by atoms with Gasteiger partial charge in [0.2, 0.25) is 5.01 Å². The van der Waals surface area contributed by atoms with Crippen molar-refractivity contribution < 1.29 is 32.3 Å². The lowest BCUT2D eigenvalue weighted by atomic mass is 9.78. The van der Waals surface area contributed by atoms with E-state index in [4.69, 9.17) is 0 Å². The number of rotatable bonds is 6. The average molecular weight is 486 g/mol. The molecule has 2 N–H and O–H groups in total. The van der Waals surface area contributed by atoms with E-state index in [0.29, 0.717) is 11.3 Å². The molecule has 0 bridgehead atoms. The second kappa shape index (κ2) is 8.23. The molecule has 7 nitrogen and oxygen atoms in total. The Bertz CT molecular complexity index is 1100. The molecule has 1 amide bonds. The maximum atomic E-state index is 14.0. The van der Waals surface area contributed by atoms with Crippen LogP contribution < -0.4 is 5.32 Å². The maximum Gasteiger partial charge on any atom is 0.365 e. The molecule has 4 rings (SSSR count). The number of hydrogen-bond donors (Lipinski definition) is 2. The van der Waals surface area contributed by atoms with Crippen molar-refractivity contribution in [3.63, 3.8) is 0 Å². The van der Waals surface area contributed by atoms with Crippen LogP contribution in [0.15, 0.2) is 12.3 Å². The fourth-order valence-electron chi connectivity index (χ4n) is 4.21. The highest BCUT2D eigenvalue weighted by Gasteiger charge is 2.46. The fourth-order valence-corrected chi connectivity index (χ4v) is 5.14. The molecule has 0 radical (unpaired) electrons. The monoisotopic (exact) mass is 486 g/mol. The number of aromatic nitrogens is 2. The number of nitrogens with zero attached hydrogens (tertiary/aromatic N) is 3. The van der Waals surface area contributed by atoms with Crippen molar-refractivity contribution in [2.24, 2.45) is 0 Å². The Morgan fingerprint density at radius 2 is 2.03 bits per heavy atom. The summed E-state index contributed by atoms with van der Waals surface area (Å²) < 4.78 is 55.7. The Kier molecular flexibility index (Phi) is 5.83. The number of thiazole rings is 1. The largest absolute Gasteiger partial charge is 0.476 e. The third kappa shape index (κ3) is 4.53. The molecule has 12 heteroatoms. The lowest BCUT2D eigenvalue weighted by Crippen LogP contribution is -2.41. The molecule has 1 saturated heterocycles. The Morgan fingerprint density at radius 1 is 1.33 bits per heavy atom. The van der Waals surface area contributed by atoms with Gasteiger partial charge in [0.1, 0.15) is 11.5 Å². The summed E-state index contributed by atoms with van der Waals surface area (Å²) in [6.07, 6.45) is 0.396. The number of nitrogens with one attached hydrogen (secondary N) is 1. The predicted octanol–water partition coefficient (Wildman–Crippen LogP) is 5.07. The molecule has 178 valence electrons. The summed E-state index contributed by atoms with van der Waals surface area (Å²) >= 11 is 0.536. The number of amides is 1. The minimum Gasteiger partial charge on any atom is -0.476 e. The average Bonchev–Trinajstić information content (AvgIpc) is 3.26. The second-order valence-corrected chi connectivity index (χ2v) is 9.84. The van der Waals surface area contributed by atoms with Crippen molar-refractivity contribution in [1.29, 1.82) is 0 Å².